The quantitative estimate of drug-likeness (QED) is 0.117. The molecule has 0 aromatic rings. The highest BCUT2D eigenvalue weighted by molar-refractivity contribution is 5.74. The van der Waals surface area contributed by atoms with Gasteiger partial charge < -0.3 is 5.32 Å². The van der Waals surface area contributed by atoms with Gasteiger partial charge in [-0.2, -0.15) is 0 Å². The Morgan fingerprint density at radius 1 is 0.486 bits per heavy atom. The summed E-state index contributed by atoms with van der Waals surface area (Å²) in [5.74, 6) is -14.3. The molecule has 0 spiro atoms. The molecule has 0 saturated heterocycles. The van der Waals surface area contributed by atoms with E-state index < -0.39 is 92.2 Å². The van der Waals surface area contributed by atoms with Crippen molar-refractivity contribution in [3.8, 4) is 0 Å². The zero-order valence-corrected chi connectivity index (χ0v) is 16.9. The number of hydrogen-bond acceptors (Lipinski definition) is 19. The van der Waals surface area contributed by atoms with Gasteiger partial charge in [-0.3, -0.25) is 95.9 Å². The van der Waals surface area contributed by atoms with Crippen LogP contribution in [0.5, 0.6) is 0 Å². The molecule has 0 aliphatic carbocycles. The summed E-state index contributed by atoms with van der Waals surface area (Å²) in [4.78, 5) is 89.9. The first-order valence-corrected chi connectivity index (χ1v) is 8.02. The lowest BCUT2D eigenvalue weighted by atomic mass is 10.2. The zero-order chi connectivity index (χ0) is 29.7. The molecule has 0 saturated carbocycles. The highest BCUT2D eigenvalue weighted by Gasteiger charge is 2.77. The lowest BCUT2D eigenvalue weighted by molar-refractivity contribution is -0.974. The Labute approximate surface area is 194 Å². The predicted octanol–water partition coefficient (Wildman–Crippen LogP) is -3.55. The van der Waals surface area contributed by atoms with Crippen molar-refractivity contribution in [3.05, 3.63) is 91.0 Å². The van der Waals surface area contributed by atoms with Gasteiger partial charge in [-0.1, -0.05) is 0 Å². The second-order valence-electron chi connectivity index (χ2n) is 6.15. The second-order valence-corrected chi connectivity index (χ2v) is 6.15. The molecular weight excluding hydrogens is 542 g/mol. The van der Waals surface area contributed by atoms with Gasteiger partial charge in [0.2, 0.25) is 19.6 Å². The standard InChI is InChI=1S/C7H7N11O19/c19-4(8-1-5(10(20)21,11(22)23)12(24)25)9(2-6(13(26)27,14(28)29)15(30)31)3-7(16(32)33,17(34)35)18(36)37/h1-3H2,(H,8,19). The SMILES string of the molecule is O=C(NCC([N+](=O)[O-])([N+](=O)[O-])[N+](=O)[O-])N(CC([N+](=O)[O-])([N+](=O)[O-])[N+](=O)[O-])CC([N+](=O)[O-])([N+](=O)[O-])[N+](=O)[O-]. The number of carbonyl (C=O) groups excluding carboxylic acids is 1. The van der Waals surface area contributed by atoms with Crippen molar-refractivity contribution in [2.45, 2.75) is 17.4 Å². The van der Waals surface area contributed by atoms with Gasteiger partial charge in [-0.15, -0.1) is 0 Å². The molecule has 0 heterocycles. The minimum absolute atomic E-state index is 0.873. The van der Waals surface area contributed by atoms with Crippen LogP contribution in [0.3, 0.4) is 0 Å². The number of nitro groups is 9. The second kappa shape index (κ2) is 10.4. The number of hydrogen-bond donors (Lipinski definition) is 1. The van der Waals surface area contributed by atoms with Crippen LogP contribution in [-0.2, 0) is 0 Å². The van der Waals surface area contributed by atoms with Crippen LogP contribution in [-0.4, -0.2) is 92.2 Å². The summed E-state index contributed by atoms with van der Waals surface area (Å²) in [6.45, 7) is -7.82. The first-order valence-electron chi connectivity index (χ1n) is 8.02. The summed E-state index contributed by atoms with van der Waals surface area (Å²) >= 11 is 0. The van der Waals surface area contributed by atoms with Crippen molar-refractivity contribution in [3.63, 3.8) is 0 Å². The molecule has 0 unspecified atom stereocenters. The molecule has 0 atom stereocenters. The highest BCUT2D eigenvalue weighted by atomic mass is 16.8. The molecule has 0 aliphatic rings. The van der Waals surface area contributed by atoms with Gasteiger partial charge in [0.05, 0.1) is 0 Å². The molecule has 0 fully saturated rings. The topological polar surface area (TPSA) is 421 Å². The van der Waals surface area contributed by atoms with Gasteiger partial charge in [0.1, 0.15) is 0 Å². The fourth-order valence-corrected chi connectivity index (χ4v) is 2.16. The van der Waals surface area contributed by atoms with E-state index in [0.29, 0.717) is 0 Å². The molecule has 204 valence electrons. The van der Waals surface area contributed by atoms with Crippen LogP contribution in [0.2, 0.25) is 0 Å². The summed E-state index contributed by atoms with van der Waals surface area (Å²) in [5.41, 5.74) is 0. The minimum Gasteiger partial charge on any atom is -0.317 e. The van der Waals surface area contributed by atoms with E-state index in [0.717, 1.165) is 5.32 Å². The van der Waals surface area contributed by atoms with Gasteiger partial charge in [0.15, 0.2) is 44.3 Å². The number of urea groups is 1. The van der Waals surface area contributed by atoms with E-state index in [1.165, 1.54) is 0 Å². The van der Waals surface area contributed by atoms with Gasteiger partial charge in [-0.25, -0.2) is 4.79 Å². The minimum atomic E-state index is -4.85. The van der Waals surface area contributed by atoms with E-state index in [9.17, 15) is 95.8 Å². The predicted molar refractivity (Wildman–Crippen MR) is 96.1 cm³/mol. The number of nitrogens with zero attached hydrogens (tertiary/aromatic N) is 10. The molecule has 0 radical (unpaired) electrons. The Kier molecular flexibility index (Phi) is 8.70. The van der Waals surface area contributed by atoms with Crippen molar-refractivity contribution in [2.75, 3.05) is 19.6 Å². The van der Waals surface area contributed by atoms with Crippen LogP contribution in [0.15, 0.2) is 0 Å². The molecule has 0 bridgehead atoms. The van der Waals surface area contributed by atoms with Gasteiger partial charge in [0, 0.05) is 0 Å². The van der Waals surface area contributed by atoms with E-state index >= 15 is 0 Å². The number of carbonyl (C=O) groups is 1. The monoisotopic (exact) mass is 549 g/mol. The fourth-order valence-electron chi connectivity index (χ4n) is 2.16. The van der Waals surface area contributed by atoms with E-state index in [1.807, 2.05) is 0 Å². The Morgan fingerprint density at radius 3 is 0.892 bits per heavy atom. The van der Waals surface area contributed by atoms with Gasteiger partial charge >= 0.3 is 23.4 Å². The highest BCUT2D eigenvalue weighted by Crippen LogP contribution is 2.21. The van der Waals surface area contributed by atoms with Crippen LogP contribution in [0, 0.1) is 91.0 Å². The van der Waals surface area contributed by atoms with E-state index in [1.54, 1.807) is 0 Å². The van der Waals surface area contributed by atoms with Gasteiger partial charge in [0.25, 0.3) is 0 Å². The molecule has 0 aliphatic heterocycles. The largest absolute Gasteiger partial charge is 0.717 e. The third-order valence-electron chi connectivity index (χ3n) is 4.20. The zero-order valence-electron chi connectivity index (χ0n) is 16.9. The Bertz CT molecular complexity index is 938. The van der Waals surface area contributed by atoms with E-state index in [2.05, 4.69) is 0 Å². The van der Waals surface area contributed by atoms with Crippen LogP contribution < -0.4 is 5.32 Å². The Balaban J connectivity index is 7.00. The van der Waals surface area contributed by atoms with Crippen molar-refractivity contribution < 1.29 is 49.1 Å². The molecule has 2 amide bonds. The van der Waals surface area contributed by atoms with Crippen molar-refractivity contribution in [2.24, 2.45) is 0 Å². The van der Waals surface area contributed by atoms with Crippen LogP contribution >= 0.6 is 0 Å². The molecule has 0 aromatic heterocycles. The normalized spacial score (nSPS) is 11.5. The maximum absolute atomic E-state index is 12.4. The summed E-state index contributed by atoms with van der Waals surface area (Å²) in [6, 6.07) is -2.61. The van der Waals surface area contributed by atoms with Crippen molar-refractivity contribution in [1.82, 2.24) is 10.2 Å². The molecule has 1 N–H and O–H groups in total. The number of amides is 2. The first kappa shape index (κ1) is 30.9. The molecule has 30 nitrogen and oxygen atoms in total. The van der Waals surface area contributed by atoms with Crippen LogP contribution in [0.1, 0.15) is 0 Å². The third-order valence-corrected chi connectivity index (χ3v) is 4.20. The third kappa shape index (κ3) is 5.04. The summed E-state index contributed by atoms with van der Waals surface area (Å²) in [6.07, 6.45) is 0. The lowest BCUT2D eigenvalue weighted by Gasteiger charge is -2.22. The first-order chi connectivity index (χ1) is 16.7. The van der Waals surface area contributed by atoms with Gasteiger partial charge in [-0.05, 0) is 0 Å². The maximum atomic E-state index is 12.4. The average Bonchev–Trinajstić information content (AvgIpc) is 2.71. The Hall–Kier alpha value is -6.13. The van der Waals surface area contributed by atoms with Crippen LogP contribution in [0.25, 0.3) is 0 Å². The summed E-state index contributed by atoms with van der Waals surface area (Å²) in [5, 5.41) is 100. The Morgan fingerprint density at radius 2 is 0.703 bits per heavy atom. The molecule has 30 heteroatoms. The van der Waals surface area contributed by atoms with Crippen molar-refractivity contribution in [1.29, 1.82) is 0 Å². The van der Waals surface area contributed by atoms with E-state index in [-0.39, 0.29) is 0 Å². The molecular formula is C7H7N11O19. The lowest BCUT2D eigenvalue weighted by Crippen LogP contribution is -2.68. The molecule has 37 heavy (non-hydrogen) atoms. The van der Waals surface area contributed by atoms with E-state index in [4.69, 9.17) is 0 Å². The average molecular weight is 549 g/mol. The molecule has 0 aromatic carbocycles. The van der Waals surface area contributed by atoms with Crippen LogP contribution in [0.4, 0.5) is 4.79 Å². The summed E-state index contributed by atoms with van der Waals surface area (Å²) in [7, 11) is 0. The fraction of sp³-hybridized carbons (Fsp3) is 0.857. The smallest absolute Gasteiger partial charge is 0.317 e. The maximum Gasteiger partial charge on any atom is 0.717 e. The summed E-state index contributed by atoms with van der Waals surface area (Å²) < 4.78 is 0. The van der Waals surface area contributed by atoms with Crippen molar-refractivity contribution >= 4 is 6.03 Å². The number of rotatable bonds is 15. The number of nitrogens with one attached hydrogen (secondary N) is 1. The molecule has 0 rings (SSSR count).